The van der Waals surface area contributed by atoms with Gasteiger partial charge in [0.15, 0.2) is 0 Å². The van der Waals surface area contributed by atoms with Gasteiger partial charge in [0.05, 0.1) is 17.0 Å². The number of anilines is 1. The highest BCUT2D eigenvalue weighted by molar-refractivity contribution is 9.10. The Labute approximate surface area is 116 Å². The predicted molar refractivity (Wildman–Crippen MR) is 74.7 cm³/mol. The molecule has 1 aromatic rings. The Morgan fingerprint density at radius 3 is 2.56 bits per heavy atom. The SMILES string of the molecule is CCC(C)(CO)NS(=O)(=O)c1ccc(N)cc1Br. The first kappa shape index (κ1) is 15.4. The number of benzene rings is 1. The van der Waals surface area contributed by atoms with E-state index in [0.717, 1.165) is 0 Å². The van der Waals surface area contributed by atoms with Crippen LogP contribution < -0.4 is 10.5 Å². The second-order valence-corrected chi connectivity index (χ2v) is 6.87. The van der Waals surface area contributed by atoms with E-state index < -0.39 is 15.6 Å². The van der Waals surface area contributed by atoms with Crippen molar-refractivity contribution in [2.24, 2.45) is 0 Å². The summed E-state index contributed by atoms with van der Waals surface area (Å²) in [6.45, 7) is 3.18. The van der Waals surface area contributed by atoms with Crippen molar-refractivity contribution in [3.63, 3.8) is 0 Å². The standard InChI is InChI=1S/C11H17BrN2O3S/c1-3-11(2,7-15)14-18(16,17)10-5-4-8(13)6-9(10)12/h4-6,14-15H,3,7,13H2,1-2H3. The zero-order valence-electron chi connectivity index (χ0n) is 10.3. The lowest BCUT2D eigenvalue weighted by Crippen LogP contribution is -2.48. The minimum Gasteiger partial charge on any atom is -0.399 e. The fourth-order valence-electron chi connectivity index (χ4n) is 1.33. The van der Waals surface area contributed by atoms with Gasteiger partial charge >= 0.3 is 0 Å². The molecule has 4 N–H and O–H groups in total. The first-order valence-corrected chi connectivity index (χ1v) is 7.71. The number of nitrogens with one attached hydrogen (secondary N) is 1. The first-order valence-electron chi connectivity index (χ1n) is 5.44. The number of nitrogens with two attached hydrogens (primary N) is 1. The van der Waals surface area contributed by atoms with Crippen LogP contribution in [-0.4, -0.2) is 25.7 Å². The van der Waals surface area contributed by atoms with Gasteiger partial charge in [-0.25, -0.2) is 13.1 Å². The number of sulfonamides is 1. The summed E-state index contributed by atoms with van der Waals surface area (Å²) in [5.74, 6) is 0. The maximum absolute atomic E-state index is 12.2. The van der Waals surface area contributed by atoms with Gasteiger partial charge in [0, 0.05) is 10.2 Å². The number of halogens is 1. The van der Waals surface area contributed by atoms with E-state index in [2.05, 4.69) is 20.7 Å². The summed E-state index contributed by atoms with van der Waals surface area (Å²) in [4.78, 5) is 0.102. The van der Waals surface area contributed by atoms with Gasteiger partial charge in [0.2, 0.25) is 10.0 Å². The molecule has 1 rings (SSSR count). The van der Waals surface area contributed by atoms with E-state index in [1.807, 2.05) is 0 Å². The molecule has 0 aliphatic rings. The Hall–Kier alpha value is -0.630. The van der Waals surface area contributed by atoms with Crippen LogP contribution in [0.2, 0.25) is 0 Å². The third-order valence-corrected chi connectivity index (χ3v) is 5.37. The average Bonchev–Trinajstić information content (AvgIpc) is 2.27. The molecule has 7 heteroatoms. The Morgan fingerprint density at radius 1 is 1.50 bits per heavy atom. The lowest BCUT2D eigenvalue weighted by atomic mass is 10.0. The van der Waals surface area contributed by atoms with Crippen molar-refractivity contribution in [2.45, 2.75) is 30.7 Å². The Bertz CT molecular complexity index is 527. The van der Waals surface area contributed by atoms with Gasteiger partial charge in [-0.1, -0.05) is 6.92 Å². The lowest BCUT2D eigenvalue weighted by Gasteiger charge is -2.27. The normalized spacial score (nSPS) is 15.3. The molecule has 0 spiro atoms. The van der Waals surface area contributed by atoms with Crippen molar-refractivity contribution in [3.05, 3.63) is 22.7 Å². The van der Waals surface area contributed by atoms with E-state index in [1.165, 1.54) is 18.2 Å². The van der Waals surface area contributed by atoms with Crippen molar-refractivity contribution in [2.75, 3.05) is 12.3 Å². The van der Waals surface area contributed by atoms with E-state index >= 15 is 0 Å². The van der Waals surface area contributed by atoms with E-state index in [0.29, 0.717) is 16.6 Å². The summed E-state index contributed by atoms with van der Waals surface area (Å²) < 4.78 is 27.3. The lowest BCUT2D eigenvalue weighted by molar-refractivity contribution is 0.191. The number of hydrogen-bond donors (Lipinski definition) is 3. The first-order chi connectivity index (χ1) is 8.24. The van der Waals surface area contributed by atoms with Gasteiger partial charge in [0.25, 0.3) is 0 Å². The number of hydrogen-bond acceptors (Lipinski definition) is 4. The van der Waals surface area contributed by atoms with Gasteiger partial charge in [-0.3, -0.25) is 0 Å². The van der Waals surface area contributed by atoms with Crippen molar-refractivity contribution in [1.29, 1.82) is 0 Å². The summed E-state index contributed by atoms with van der Waals surface area (Å²) in [6, 6.07) is 4.47. The van der Waals surface area contributed by atoms with E-state index in [1.54, 1.807) is 13.8 Å². The molecule has 1 unspecified atom stereocenters. The minimum absolute atomic E-state index is 0.102. The number of aliphatic hydroxyl groups is 1. The van der Waals surface area contributed by atoms with Crippen LogP contribution in [0.4, 0.5) is 5.69 Å². The predicted octanol–water partition coefficient (Wildman–Crippen LogP) is 1.47. The van der Waals surface area contributed by atoms with E-state index in [-0.39, 0.29) is 11.5 Å². The fraction of sp³-hybridized carbons (Fsp3) is 0.455. The number of aliphatic hydroxyl groups excluding tert-OH is 1. The van der Waals surface area contributed by atoms with Gasteiger partial charge < -0.3 is 10.8 Å². The maximum atomic E-state index is 12.2. The molecule has 0 radical (unpaired) electrons. The zero-order valence-corrected chi connectivity index (χ0v) is 12.7. The maximum Gasteiger partial charge on any atom is 0.242 e. The second kappa shape index (κ2) is 5.56. The van der Waals surface area contributed by atoms with E-state index in [4.69, 9.17) is 5.73 Å². The fourth-order valence-corrected chi connectivity index (χ4v) is 3.90. The second-order valence-electron chi connectivity index (χ2n) is 4.37. The van der Waals surface area contributed by atoms with Crippen LogP contribution in [0.15, 0.2) is 27.6 Å². The van der Waals surface area contributed by atoms with Gasteiger partial charge in [-0.15, -0.1) is 0 Å². The van der Waals surface area contributed by atoms with Crippen molar-refractivity contribution < 1.29 is 13.5 Å². The molecule has 0 aliphatic carbocycles. The largest absolute Gasteiger partial charge is 0.399 e. The Balaban J connectivity index is 3.15. The quantitative estimate of drug-likeness (QED) is 0.710. The highest BCUT2D eigenvalue weighted by Crippen LogP contribution is 2.25. The van der Waals surface area contributed by atoms with E-state index in [9.17, 15) is 13.5 Å². The molecule has 0 aliphatic heterocycles. The van der Waals surface area contributed by atoms with Crippen LogP contribution in [-0.2, 0) is 10.0 Å². The molecular formula is C11H17BrN2O3S. The molecule has 5 nitrogen and oxygen atoms in total. The minimum atomic E-state index is -3.70. The molecular weight excluding hydrogens is 320 g/mol. The molecule has 0 amide bonds. The third kappa shape index (κ3) is 3.44. The average molecular weight is 337 g/mol. The topological polar surface area (TPSA) is 92.4 Å². The van der Waals surface area contributed by atoms with Crippen molar-refractivity contribution >= 4 is 31.6 Å². The smallest absolute Gasteiger partial charge is 0.242 e. The molecule has 102 valence electrons. The molecule has 18 heavy (non-hydrogen) atoms. The monoisotopic (exact) mass is 336 g/mol. The molecule has 1 atom stereocenters. The highest BCUT2D eigenvalue weighted by atomic mass is 79.9. The summed E-state index contributed by atoms with van der Waals surface area (Å²) in [7, 11) is -3.70. The van der Waals surface area contributed by atoms with Crippen LogP contribution in [0.5, 0.6) is 0 Å². The van der Waals surface area contributed by atoms with Gasteiger partial charge in [0.1, 0.15) is 0 Å². The summed E-state index contributed by atoms with van der Waals surface area (Å²) >= 11 is 3.17. The number of rotatable bonds is 5. The molecule has 0 aromatic heterocycles. The van der Waals surface area contributed by atoms with Gasteiger partial charge in [-0.05, 0) is 47.5 Å². The summed E-state index contributed by atoms with van der Waals surface area (Å²) in [5, 5.41) is 9.25. The zero-order chi connectivity index (χ0) is 14.0. The van der Waals surface area contributed by atoms with Crippen LogP contribution in [0, 0.1) is 0 Å². The van der Waals surface area contributed by atoms with Crippen LogP contribution in [0.3, 0.4) is 0 Å². The van der Waals surface area contributed by atoms with Gasteiger partial charge in [-0.2, -0.15) is 0 Å². The Morgan fingerprint density at radius 2 is 2.11 bits per heavy atom. The molecule has 0 saturated carbocycles. The van der Waals surface area contributed by atoms with Crippen LogP contribution in [0.1, 0.15) is 20.3 Å². The van der Waals surface area contributed by atoms with Crippen LogP contribution >= 0.6 is 15.9 Å². The Kier molecular flexibility index (Phi) is 4.77. The summed E-state index contributed by atoms with van der Waals surface area (Å²) in [6.07, 6.45) is 0.481. The number of nitrogen functional groups attached to an aromatic ring is 1. The van der Waals surface area contributed by atoms with Crippen LogP contribution in [0.25, 0.3) is 0 Å². The highest BCUT2D eigenvalue weighted by Gasteiger charge is 2.29. The van der Waals surface area contributed by atoms with Crippen molar-refractivity contribution in [3.8, 4) is 0 Å². The summed E-state index contributed by atoms with van der Waals surface area (Å²) in [5.41, 5.74) is 5.16. The van der Waals surface area contributed by atoms with Crippen molar-refractivity contribution in [1.82, 2.24) is 4.72 Å². The molecule has 0 fully saturated rings. The molecule has 0 bridgehead atoms. The molecule has 1 aromatic carbocycles. The third-order valence-electron chi connectivity index (χ3n) is 2.76. The molecule has 0 saturated heterocycles. The molecule has 0 heterocycles.